The zero-order valence-electron chi connectivity index (χ0n) is 11.7. The van der Waals surface area contributed by atoms with Gasteiger partial charge >= 0.3 is 0 Å². The minimum absolute atomic E-state index is 0.0200. The topological polar surface area (TPSA) is 66.5 Å². The Morgan fingerprint density at radius 1 is 1.24 bits per heavy atom. The van der Waals surface area contributed by atoms with Gasteiger partial charge in [0.1, 0.15) is 0 Å². The maximum atomic E-state index is 12.1. The molecular formula is C14H19BrN2O3S. The normalized spacial score (nSPS) is 16.0. The first-order valence-electron chi connectivity index (χ1n) is 7.02. The fourth-order valence-corrected chi connectivity index (χ4v) is 3.94. The number of hydrogen-bond donors (Lipinski definition) is 1. The van der Waals surface area contributed by atoms with Gasteiger partial charge in [-0.15, -0.1) is 0 Å². The summed E-state index contributed by atoms with van der Waals surface area (Å²) in [5.41, 5.74) is 0. The van der Waals surface area contributed by atoms with Crippen molar-refractivity contribution in [3.63, 3.8) is 0 Å². The van der Waals surface area contributed by atoms with Gasteiger partial charge in [-0.3, -0.25) is 4.79 Å². The van der Waals surface area contributed by atoms with Crippen LogP contribution in [0.4, 0.5) is 0 Å². The highest BCUT2D eigenvalue weighted by molar-refractivity contribution is 9.10. The SMILES string of the molecule is O=C(CCNS(=O)(=O)c1cccc(Br)c1)N1CCCCC1. The first-order chi connectivity index (χ1) is 9.99. The molecule has 0 unspecified atom stereocenters. The van der Waals surface area contributed by atoms with Crippen molar-refractivity contribution in [1.82, 2.24) is 9.62 Å². The molecule has 1 aliphatic heterocycles. The number of carbonyl (C=O) groups excluding carboxylic acids is 1. The van der Waals surface area contributed by atoms with E-state index in [1.807, 2.05) is 4.90 Å². The summed E-state index contributed by atoms with van der Waals surface area (Å²) in [6.07, 6.45) is 3.44. The van der Waals surface area contributed by atoms with Crippen LogP contribution < -0.4 is 4.72 Å². The van der Waals surface area contributed by atoms with E-state index in [0.717, 1.165) is 25.9 Å². The molecule has 21 heavy (non-hydrogen) atoms. The van der Waals surface area contributed by atoms with Crippen molar-refractivity contribution < 1.29 is 13.2 Å². The number of likely N-dealkylation sites (tertiary alicyclic amines) is 1. The Hall–Kier alpha value is -0.920. The van der Waals surface area contributed by atoms with Gasteiger partial charge in [0.15, 0.2) is 0 Å². The number of carbonyl (C=O) groups is 1. The smallest absolute Gasteiger partial charge is 0.240 e. The van der Waals surface area contributed by atoms with E-state index in [1.165, 1.54) is 18.6 Å². The number of amides is 1. The first kappa shape index (κ1) is 16.5. The molecule has 0 aliphatic carbocycles. The number of nitrogens with zero attached hydrogens (tertiary/aromatic N) is 1. The van der Waals surface area contributed by atoms with Crippen molar-refractivity contribution >= 4 is 31.9 Å². The van der Waals surface area contributed by atoms with Crippen LogP contribution in [-0.2, 0) is 14.8 Å². The van der Waals surface area contributed by atoms with Crippen molar-refractivity contribution in [3.05, 3.63) is 28.7 Å². The minimum Gasteiger partial charge on any atom is -0.343 e. The lowest BCUT2D eigenvalue weighted by Gasteiger charge is -2.26. The molecule has 1 amide bonds. The lowest BCUT2D eigenvalue weighted by Crippen LogP contribution is -2.37. The van der Waals surface area contributed by atoms with Crippen LogP contribution in [0.25, 0.3) is 0 Å². The Bertz CT molecular complexity index is 598. The summed E-state index contributed by atoms with van der Waals surface area (Å²) in [6, 6.07) is 6.49. The van der Waals surface area contributed by atoms with Crippen LogP contribution >= 0.6 is 15.9 Å². The molecule has 116 valence electrons. The monoisotopic (exact) mass is 374 g/mol. The molecule has 7 heteroatoms. The molecule has 1 fully saturated rings. The summed E-state index contributed by atoms with van der Waals surface area (Å²) in [5.74, 6) is 0.0200. The third-order valence-corrected chi connectivity index (χ3v) is 5.40. The third-order valence-electron chi connectivity index (χ3n) is 3.45. The highest BCUT2D eigenvalue weighted by atomic mass is 79.9. The molecule has 1 aromatic carbocycles. The number of halogens is 1. The van der Waals surface area contributed by atoms with Crippen molar-refractivity contribution in [2.75, 3.05) is 19.6 Å². The molecule has 1 N–H and O–H groups in total. The van der Waals surface area contributed by atoms with Gasteiger partial charge < -0.3 is 4.90 Å². The minimum atomic E-state index is -3.56. The highest BCUT2D eigenvalue weighted by Gasteiger charge is 2.18. The van der Waals surface area contributed by atoms with E-state index < -0.39 is 10.0 Å². The van der Waals surface area contributed by atoms with Gasteiger partial charge in [0.2, 0.25) is 15.9 Å². The largest absolute Gasteiger partial charge is 0.343 e. The van der Waals surface area contributed by atoms with E-state index in [1.54, 1.807) is 12.1 Å². The Labute approximate surface area is 133 Å². The van der Waals surface area contributed by atoms with Gasteiger partial charge in [-0.1, -0.05) is 22.0 Å². The lowest BCUT2D eigenvalue weighted by molar-refractivity contribution is -0.131. The summed E-state index contributed by atoms with van der Waals surface area (Å²) in [5, 5.41) is 0. The van der Waals surface area contributed by atoms with Gasteiger partial charge in [-0.25, -0.2) is 13.1 Å². The summed E-state index contributed by atoms with van der Waals surface area (Å²) in [6.45, 7) is 1.71. The van der Waals surface area contributed by atoms with Crippen molar-refractivity contribution in [2.45, 2.75) is 30.6 Å². The molecule has 0 aromatic heterocycles. The van der Waals surface area contributed by atoms with Gasteiger partial charge in [-0.05, 0) is 37.5 Å². The molecule has 2 rings (SSSR count). The van der Waals surface area contributed by atoms with Gasteiger partial charge in [0.25, 0.3) is 0 Å². The zero-order chi connectivity index (χ0) is 15.3. The Balaban J connectivity index is 1.86. The molecule has 1 aliphatic rings. The predicted molar refractivity (Wildman–Crippen MR) is 84.4 cm³/mol. The van der Waals surface area contributed by atoms with Gasteiger partial charge in [0.05, 0.1) is 4.90 Å². The number of benzene rings is 1. The Morgan fingerprint density at radius 2 is 1.95 bits per heavy atom. The second kappa shape index (κ2) is 7.38. The molecule has 1 heterocycles. The second-order valence-corrected chi connectivity index (χ2v) is 7.73. The number of rotatable bonds is 5. The first-order valence-corrected chi connectivity index (χ1v) is 9.30. The Kier molecular flexibility index (Phi) is 5.78. The zero-order valence-corrected chi connectivity index (χ0v) is 14.1. The van der Waals surface area contributed by atoms with E-state index in [-0.39, 0.29) is 23.8 Å². The van der Waals surface area contributed by atoms with E-state index in [4.69, 9.17) is 0 Å². The molecule has 0 radical (unpaired) electrons. The molecule has 0 saturated carbocycles. The number of nitrogens with one attached hydrogen (secondary N) is 1. The van der Waals surface area contributed by atoms with Crippen LogP contribution in [0.15, 0.2) is 33.6 Å². The van der Waals surface area contributed by atoms with Crippen LogP contribution in [0.1, 0.15) is 25.7 Å². The van der Waals surface area contributed by atoms with E-state index in [0.29, 0.717) is 4.47 Å². The molecule has 1 saturated heterocycles. The van der Waals surface area contributed by atoms with E-state index >= 15 is 0 Å². The number of piperidine rings is 1. The van der Waals surface area contributed by atoms with Crippen LogP contribution in [0.5, 0.6) is 0 Å². The van der Waals surface area contributed by atoms with Crippen molar-refractivity contribution in [3.8, 4) is 0 Å². The lowest BCUT2D eigenvalue weighted by atomic mass is 10.1. The van der Waals surface area contributed by atoms with Crippen molar-refractivity contribution in [2.24, 2.45) is 0 Å². The van der Waals surface area contributed by atoms with Crippen molar-refractivity contribution in [1.29, 1.82) is 0 Å². The third kappa shape index (κ3) is 4.79. The van der Waals surface area contributed by atoms with Crippen LogP contribution in [0, 0.1) is 0 Å². The van der Waals surface area contributed by atoms with Crippen LogP contribution in [0.2, 0.25) is 0 Å². The number of sulfonamides is 1. The standard InChI is InChI=1S/C14H19BrN2O3S/c15-12-5-4-6-13(11-12)21(19,20)16-8-7-14(18)17-9-2-1-3-10-17/h4-6,11,16H,1-3,7-10H2. The van der Waals surface area contributed by atoms with E-state index in [9.17, 15) is 13.2 Å². The average Bonchev–Trinajstić information content (AvgIpc) is 2.48. The molecule has 1 aromatic rings. The Morgan fingerprint density at radius 3 is 2.62 bits per heavy atom. The average molecular weight is 375 g/mol. The van der Waals surface area contributed by atoms with Crippen LogP contribution in [0.3, 0.4) is 0 Å². The van der Waals surface area contributed by atoms with Gasteiger partial charge in [0, 0.05) is 30.5 Å². The maximum absolute atomic E-state index is 12.1. The fraction of sp³-hybridized carbons (Fsp3) is 0.500. The van der Waals surface area contributed by atoms with Gasteiger partial charge in [-0.2, -0.15) is 0 Å². The quantitative estimate of drug-likeness (QED) is 0.858. The summed E-state index contributed by atoms with van der Waals surface area (Å²) >= 11 is 3.25. The predicted octanol–water partition coefficient (Wildman–Crippen LogP) is 2.13. The molecular weight excluding hydrogens is 356 g/mol. The molecule has 0 atom stereocenters. The molecule has 0 spiro atoms. The summed E-state index contributed by atoms with van der Waals surface area (Å²) < 4.78 is 27.4. The maximum Gasteiger partial charge on any atom is 0.240 e. The molecule has 5 nitrogen and oxygen atoms in total. The number of hydrogen-bond acceptors (Lipinski definition) is 3. The van der Waals surface area contributed by atoms with Crippen LogP contribution in [-0.4, -0.2) is 38.9 Å². The fourth-order valence-electron chi connectivity index (χ4n) is 2.31. The summed E-state index contributed by atoms with van der Waals surface area (Å²) in [4.78, 5) is 14.0. The van der Waals surface area contributed by atoms with E-state index in [2.05, 4.69) is 20.7 Å². The molecule has 0 bridgehead atoms. The second-order valence-electron chi connectivity index (χ2n) is 5.05. The summed E-state index contributed by atoms with van der Waals surface area (Å²) in [7, 11) is -3.56. The highest BCUT2D eigenvalue weighted by Crippen LogP contribution is 2.16.